The van der Waals surface area contributed by atoms with Gasteiger partial charge in [-0.05, 0) is 48.0 Å². The minimum absolute atomic E-state index is 0.0472. The summed E-state index contributed by atoms with van der Waals surface area (Å²) in [5, 5.41) is 8.12. The van der Waals surface area contributed by atoms with Gasteiger partial charge in [0.1, 0.15) is 15.8 Å². The largest absolute Gasteiger partial charge is 0.383 e. The number of anilines is 3. The van der Waals surface area contributed by atoms with Crippen LogP contribution in [-0.2, 0) is 4.79 Å². The molecule has 5 nitrogen and oxygen atoms in total. The predicted octanol–water partition coefficient (Wildman–Crippen LogP) is 7.75. The lowest BCUT2D eigenvalue weighted by Gasteiger charge is -2.12. The van der Waals surface area contributed by atoms with E-state index in [9.17, 15) is 18.4 Å². The number of halogens is 7. The van der Waals surface area contributed by atoms with Crippen LogP contribution in [0.3, 0.4) is 0 Å². The SMILES string of the molecule is CNc1c(F)ccc(NC(=O)c2cc(NC(=O)[C@H]3[C@H](c4ccc(Cl)c(Cl)c4)C3(Cl)Cl)ccc2Cl)c1F. The number of nitrogens with one attached hydrogen (secondary N) is 3. The van der Waals surface area contributed by atoms with Gasteiger partial charge < -0.3 is 16.0 Å². The van der Waals surface area contributed by atoms with E-state index in [1.807, 2.05) is 0 Å². The summed E-state index contributed by atoms with van der Waals surface area (Å²) in [5.74, 6) is -4.40. The molecule has 2 amide bonds. The van der Waals surface area contributed by atoms with Gasteiger partial charge in [-0.25, -0.2) is 8.78 Å². The van der Waals surface area contributed by atoms with E-state index >= 15 is 0 Å². The summed E-state index contributed by atoms with van der Waals surface area (Å²) in [6, 6.07) is 11.2. The van der Waals surface area contributed by atoms with Gasteiger partial charge in [0.2, 0.25) is 5.91 Å². The molecule has 3 aromatic rings. The first-order chi connectivity index (χ1) is 16.9. The molecule has 0 saturated heterocycles. The maximum absolute atomic E-state index is 14.5. The highest BCUT2D eigenvalue weighted by molar-refractivity contribution is 6.53. The molecule has 3 aromatic carbocycles. The zero-order chi connectivity index (χ0) is 26.4. The fourth-order valence-electron chi connectivity index (χ4n) is 3.84. The Bertz CT molecular complexity index is 1390. The van der Waals surface area contributed by atoms with E-state index in [4.69, 9.17) is 58.0 Å². The lowest BCUT2D eigenvalue weighted by molar-refractivity contribution is -0.117. The second-order valence-electron chi connectivity index (χ2n) is 7.98. The Hall–Kier alpha value is -2.29. The molecule has 36 heavy (non-hydrogen) atoms. The smallest absolute Gasteiger partial charge is 0.257 e. The monoisotopic (exact) mass is 591 g/mol. The van der Waals surface area contributed by atoms with E-state index in [0.29, 0.717) is 15.6 Å². The zero-order valence-corrected chi connectivity index (χ0v) is 22.0. The molecule has 188 valence electrons. The van der Waals surface area contributed by atoms with Crippen LogP contribution < -0.4 is 16.0 Å². The molecule has 1 saturated carbocycles. The van der Waals surface area contributed by atoms with Gasteiger partial charge in [0, 0.05) is 18.7 Å². The molecule has 1 aliphatic rings. The first-order valence-corrected chi connectivity index (χ1v) is 12.2. The van der Waals surface area contributed by atoms with Crippen LogP contribution in [0.2, 0.25) is 15.1 Å². The second-order valence-corrected chi connectivity index (χ2v) is 10.6. The Labute approximate surface area is 230 Å². The van der Waals surface area contributed by atoms with Gasteiger partial charge in [-0.2, -0.15) is 0 Å². The molecule has 0 heterocycles. The van der Waals surface area contributed by atoms with Crippen molar-refractivity contribution in [1.82, 2.24) is 0 Å². The molecule has 0 radical (unpaired) electrons. The second kappa shape index (κ2) is 10.2. The highest BCUT2D eigenvalue weighted by atomic mass is 35.5. The summed E-state index contributed by atoms with van der Waals surface area (Å²) in [5.41, 5.74) is 0.172. The number of amides is 2. The fraction of sp³-hybridized carbons (Fsp3) is 0.167. The number of hydrogen-bond donors (Lipinski definition) is 3. The van der Waals surface area contributed by atoms with Crippen molar-refractivity contribution >= 4 is 86.9 Å². The Morgan fingerprint density at radius 1 is 0.889 bits per heavy atom. The van der Waals surface area contributed by atoms with Crippen molar-refractivity contribution in [2.45, 2.75) is 10.3 Å². The predicted molar refractivity (Wildman–Crippen MR) is 141 cm³/mol. The maximum Gasteiger partial charge on any atom is 0.257 e. The third kappa shape index (κ3) is 5.08. The molecule has 0 aliphatic heterocycles. The van der Waals surface area contributed by atoms with Gasteiger partial charge in [-0.1, -0.05) is 40.9 Å². The van der Waals surface area contributed by atoms with Crippen LogP contribution in [0.4, 0.5) is 25.8 Å². The number of alkyl halides is 2. The Morgan fingerprint density at radius 3 is 2.25 bits per heavy atom. The number of hydrogen-bond acceptors (Lipinski definition) is 3. The van der Waals surface area contributed by atoms with Crippen molar-refractivity contribution in [1.29, 1.82) is 0 Å². The minimum Gasteiger partial charge on any atom is -0.383 e. The highest BCUT2D eigenvalue weighted by Gasteiger charge is 2.67. The molecule has 0 aromatic heterocycles. The molecule has 0 bridgehead atoms. The van der Waals surface area contributed by atoms with Crippen LogP contribution >= 0.6 is 58.0 Å². The van der Waals surface area contributed by atoms with Crippen LogP contribution in [0.25, 0.3) is 0 Å². The average Bonchev–Trinajstić information content (AvgIpc) is 3.41. The maximum atomic E-state index is 14.5. The third-order valence-electron chi connectivity index (χ3n) is 5.71. The van der Waals surface area contributed by atoms with Crippen LogP contribution in [0, 0.1) is 17.6 Å². The first kappa shape index (κ1) is 26.8. The van der Waals surface area contributed by atoms with Crippen molar-refractivity contribution in [3.8, 4) is 0 Å². The molecule has 2 atom stereocenters. The fourth-order valence-corrected chi connectivity index (χ4v) is 5.18. The van der Waals surface area contributed by atoms with Gasteiger partial charge in [0.15, 0.2) is 5.82 Å². The van der Waals surface area contributed by atoms with Gasteiger partial charge in [0.25, 0.3) is 5.91 Å². The molecule has 1 aliphatic carbocycles. The molecule has 3 N–H and O–H groups in total. The summed E-state index contributed by atoms with van der Waals surface area (Å²) in [6.45, 7) is 0. The van der Waals surface area contributed by atoms with E-state index in [-0.39, 0.29) is 22.0 Å². The summed E-state index contributed by atoms with van der Waals surface area (Å²) in [4.78, 5) is 25.8. The van der Waals surface area contributed by atoms with E-state index in [1.165, 1.54) is 25.2 Å². The van der Waals surface area contributed by atoms with Crippen molar-refractivity contribution < 1.29 is 18.4 Å². The number of carbonyl (C=O) groups excluding carboxylic acids is 2. The minimum atomic E-state index is -1.38. The Morgan fingerprint density at radius 2 is 1.58 bits per heavy atom. The van der Waals surface area contributed by atoms with Crippen molar-refractivity contribution in [3.05, 3.63) is 86.4 Å². The first-order valence-electron chi connectivity index (χ1n) is 10.4. The van der Waals surface area contributed by atoms with E-state index in [1.54, 1.807) is 18.2 Å². The number of benzene rings is 3. The lowest BCUT2D eigenvalue weighted by Crippen LogP contribution is -2.18. The van der Waals surface area contributed by atoms with E-state index in [2.05, 4.69) is 16.0 Å². The molecule has 12 heteroatoms. The number of rotatable bonds is 6. The van der Waals surface area contributed by atoms with Crippen LogP contribution in [0.5, 0.6) is 0 Å². The Kier molecular flexibility index (Phi) is 7.60. The quantitative estimate of drug-likeness (QED) is 0.256. The van der Waals surface area contributed by atoms with Gasteiger partial charge in [0.05, 0.1) is 32.2 Å². The van der Waals surface area contributed by atoms with Crippen molar-refractivity contribution in [2.24, 2.45) is 5.92 Å². The highest BCUT2D eigenvalue weighted by Crippen LogP contribution is 2.65. The van der Waals surface area contributed by atoms with Gasteiger partial charge >= 0.3 is 0 Å². The molecule has 0 unspecified atom stereocenters. The summed E-state index contributed by atoms with van der Waals surface area (Å²) < 4.78 is 26.9. The average molecular weight is 594 g/mol. The molecule has 4 rings (SSSR count). The van der Waals surface area contributed by atoms with E-state index < -0.39 is 45.3 Å². The molecule has 0 spiro atoms. The summed E-state index contributed by atoms with van der Waals surface area (Å²) in [6.07, 6.45) is 0. The topological polar surface area (TPSA) is 70.2 Å². The zero-order valence-electron chi connectivity index (χ0n) is 18.2. The molecular weight excluding hydrogens is 578 g/mol. The normalized spacial score (nSPS) is 17.9. The summed E-state index contributed by atoms with van der Waals surface area (Å²) >= 11 is 31.0. The van der Waals surface area contributed by atoms with Gasteiger partial charge in [-0.15, -0.1) is 23.2 Å². The third-order valence-corrected chi connectivity index (χ3v) is 7.72. The number of carbonyl (C=O) groups is 2. The van der Waals surface area contributed by atoms with Gasteiger partial charge in [-0.3, -0.25) is 9.59 Å². The van der Waals surface area contributed by atoms with Crippen molar-refractivity contribution in [2.75, 3.05) is 23.0 Å². The molecular formula is C24H16Cl5F2N3O2. The van der Waals surface area contributed by atoms with Crippen molar-refractivity contribution in [3.63, 3.8) is 0 Å². The van der Waals surface area contributed by atoms with Crippen LogP contribution in [0.15, 0.2) is 48.5 Å². The Balaban J connectivity index is 1.52. The lowest BCUT2D eigenvalue weighted by atomic mass is 10.1. The van der Waals surface area contributed by atoms with Crippen LogP contribution in [-0.4, -0.2) is 23.2 Å². The summed E-state index contributed by atoms with van der Waals surface area (Å²) in [7, 11) is 1.35. The van der Waals surface area contributed by atoms with E-state index in [0.717, 1.165) is 12.1 Å². The molecule has 1 fully saturated rings. The standard InChI is InChI=1S/C24H16Cl5F2N3O2/c1-32-21-16(30)6-7-17(20(21)31)34-22(35)12-9-11(3-5-13(12)25)33-23(36)19-18(24(19,28)29)10-2-4-14(26)15(27)8-10/h2-9,18-19,32H,1H3,(H,33,36)(H,34,35)/t18-,19+/m0/s1. The van der Waals surface area contributed by atoms with Crippen LogP contribution in [0.1, 0.15) is 21.8 Å².